The minimum absolute atomic E-state index is 0.646. The Balaban J connectivity index is 1.30. The summed E-state index contributed by atoms with van der Waals surface area (Å²) >= 11 is 0. The number of aromatic nitrogens is 2. The summed E-state index contributed by atoms with van der Waals surface area (Å²) in [6, 6.07) is 2.09. The van der Waals surface area contributed by atoms with E-state index in [4.69, 9.17) is 4.98 Å². The molecule has 1 aliphatic heterocycles. The average molecular weight is 300 g/mol. The van der Waals surface area contributed by atoms with Gasteiger partial charge in [0.05, 0.1) is 0 Å². The standard InChI is InChI=1S/C18H28N4/c1-2-4-15(5-3-1)14-21-10-12-22(13-11-21)17-8-9-19-18(20-17)16-6-7-16/h8-9,15-16H,1-7,10-14H2. The maximum Gasteiger partial charge on any atom is 0.133 e. The second-order valence-corrected chi connectivity index (χ2v) is 7.34. The number of hydrogen-bond acceptors (Lipinski definition) is 4. The number of anilines is 1. The van der Waals surface area contributed by atoms with Crippen molar-refractivity contribution in [3.05, 3.63) is 18.1 Å². The molecule has 0 radical (unpaired) electrons. The van der Waals surface area contributed by atoms with Crippen molar-refractivity contribution in [2.24, 2.45) is 5.92 Å². The first kappa shape index (κ1) is 14.4. The predicted molar refractivity (Wildman–Crippen MR) is 89.2 cm³/mol. The average Bonchev–Trinajstić information content (AvgIpc) is 3.42. The highest BCUT2D eigenvalue weighted by atomic mass is 15.3. The van der Waals surface area contributed by atoms with Gasteiger partial charge in [0.1, 0.15) is 11.6 Å². The van der Waals surface area contributed by atoms with Gasteiger partial charge >= 0.3 is 0 Å². The molecule has 22 heavy (non-hydrogen) atoms. The molecule has 0 spiro atoms. The zero-order valence-electron chi connectivity index (χ0n) is 13.6. The van der Waals surface area contributed by atoms with Crippen molar-refractivity contribution in [1.29, 1.82) is 0 Å². The summed E-state index contributed by atoms with van der Waals surface area (Å²) in [5, 5.41) is 0. The minimum atomic E-state index is 0.646. The molecule has 1 saturated heterocycles. The van der Waals surface area contributed by atoms with Crippen LogP contribution < -0.4 is 4.90 Å². The van der Waals surface area contributed by atoms with Gasteiger partial charge in [-0.3, -0.25) is 4.90 Å². The van der Waals surface area contributed by atoms with E-state index >= 15 is 0 Å². The Morgan fingerprint density at radius 3 is 2.45 bits per heavy atom. The molecule has 4 nitrogen and oxygen atoms in total. The Morgan fingerprint density at radius 1 is 0.955 bits per heavy atom. The van der Waals surface area contributed by atoms with Gasteiger partial charge in [-0.1, -0.05) is 19.3 Å². The second kappa shape index (κ2) is 6.53. The van der Waals surface area contributed by atoms with Crippen LogP contribution in [0.1, 0.15) is 56.7 Å². The molecule has 0 N–H and O–H groups in total. The topological polar surface area (TPSA) is 32.3 Å². The molecule has 0 atom stereocenters. The zero-order chi connectivity index (χ0) is 14.8. The van der Waals surface area contributed by atoms with Crippen LogP contribution in [0, 0.1) is 5.92 Å². The molecular weight excluding hydrogens is 272 g/mol. The summed E-state index contributed by atoms with van der Waals surface area (Å²) in [6.07, 6.45) is 11.8. The van der Waals surface area contributed by atoms with Crippen LogP contribution in [0.25, 0.3) is 0 Å². The van der Waals surface area contributed by atoms with Gasteiger partial charge in [-0.15, -0.1) is 0 Å². The normalized spacial score (nSPS) is 24.6. The van der Waals surface area contributed by atoms with Gasteiger partial charge < -0.3 is 4.90 Å². The quantitative estimate of drug-likeness (QED) is 0.855. The molecule has 2 heterocycles. The maximum absolute atomic E-state index is 4.80. The van der Waals surface area contributed by atoms with Crippen molar-refractivity contribution in [2.45, 2.75) is 50.9 Å². The first-order valence-electron chi connectivity index (χ1n) is 9.19. The molecule has 0 amide bonds. The second-order valence-electron chi connectivity index (χ2n) is 7.34. The van der Waals surface area contributed by atoms with Crippen molar-refractivity contribution < 1.29 is 0 Å². The van der Waals surface area contributed by atoms with E-state index in [0.717, 1.165) is 30.6 Å². The largest absolute Gasteiger partial charge is 0.354 e. The lowest BCUT2D eigenvalue weighted by atomic mass is 9.89. The molecule has 3 fully saturated rings. The molecule has 0 unspecified atom stereocenters. The molecule has 3 aliphatic rings. The van der Waals surface area contributed by atoms with Gasteiger partial charge in [0.25, 0.3) is 0 Å². The summed E-state index contributed by atoms with van der Waals surface area (Å²) in [6.45, 7) is 5.95. The van der Waals surface area contributed by atoms with Gasteiger partial charge in [0, 0.05) is 44.8 Å². The van der Waals surface area contributed by atoms with E-state index in [1.54, 1.807) is 0 Å². The molecule has 2 aliphatic carbocycles. The fourth-order valence-electron chi connectivity index (χ4n) is 3.97. The van der Waals surface area contributed by atoms with Crippen LogP contribution in [0.2, 0.25) is 0 Å². The van der Waals surface area contributed by atoms with E-state index in [2.05, 4.69) is 20.9 Å². The summed E-state index contributed by atoms with van der Waals surface area (Å²) in [4.78, 5) is 14.4. The highest BCUT2D eigenvalue weighted by Gasteiger charge is 2.27. The van der Waals surface area contributed by atoms with Crippen LogP contribution >= 0.6 is 0 Å². The summed E-state index contributed by atoms with van der Waals surface area (Å²) < 4.78 is 0. The van der Waals surface area contributed by atoms with Gasteiger partial charge in [0.15, 0.2) is 0 Å². The third-order valence-corrected chi connectivity index (χ3v) is 5.54. The molecule has 1 aromatic heterocycles. The van der Waals surface area contributed by atoms with Gasteiger partial charge in [-0.25, -0.2) is 9.97 Å². The van der Waals surface area contributed by atoms with Crippen molar-refractivity contribution in [3.63, 3.8) is 0 Å². The van der Waals surface area contributed by atoms with E-state index < -0.39 is 0 Å². The van der Waals surface area contributed by atoms with E-state index in [1.165, 1.54) is 64.6 Å². The first-order valence-corrected chi connectivity index (χ1v) is 9.19. The molecular formula is C18H28N4. The van der Waals surface area contributed by atoms with Crippen LogP contribution in [-0.4, -0.2) is 47.6 Å². The summed E-state index contributed by atoms with van der Waals surface area (Å²) in [5.74, 6) is 3.82. The Hall–Kier alpha value is -1.16. The summed E-state index contributed by atoms with van der Waals surface area (Å²) in [7, 11) is 0. The van der Waals surface area contributed by atoms with Gasteiger partial charge in [-0.05, 0) is 37.7 Å². The van der Waals surface area contributed by atoms with Crippen molar-refractivity contribution in [3.8, 4) is 0 Å². The lowest BCUT2D eigenvalue weighted by molar-refractivity contribution is 0.191. The van der Waals surface area contributed by atoms with E-state index in [0.29, 0.717) is 5.92 Å². The Morgan fingerprint density at radius 2 is 1.73 bits per heavy atom. The van der Waals surface area contributed by atoms with Crippen LogP contribution in [0.3, 0.4) is 0 Å². The van der Waals surface area contributed by atoms with Gasteiger partial charge in [-0.2, -0.15) is 0 Å². The number of hydrogen-bond donors (Lipinski definition) is 0. The lowest BCUT2D eigenvalue weighted by Gasteiger charge is -2.37. The number of rotatable bonds is 4. The van der Waals surface area contributed by atoms with Crippen LogP contribution in [0.15, 0.2) is 12.3 Å². The highest BCUT2D eigenvalue weighted by molar-refractivity contribution is 5.38. The molecule has 4 rings (SSSR count). The number of piperazine rings is 1. The molecule has 1 aromatic rings. The highest BCUT2D eigenvalue weighted by Crippen LogP contribution is 2.38. The zero-order valence-corrected chi connectivity index (χ0v) is 13.6. The van der Waals surface area contributed by atoms with E-state index in [1.807, 2.05) is 6.20 Å². The Kier molecular flexibility index (Phi) is 4.28. The molecule has 4 heteroatoms. The third-order valence-electron chi connectivity index (χ3n) is 5.54. The van der Waals surface area contributed by atoms with Gasteiger partial charge in [0.2, 0.25) is 0 Å². The number of nitrogens with zero attached hydrogens (tertiary/aromatic N) is 4. The summed E-state index contributed by atoms with van der Waals surface area (Å²) in [5.41, 5.74) is 0. The van der Waals surface area contributed by atoms with Crippen LogP contribution in [0.4, 0.5) is 5.82 Å². The molecule has 2 saturated carbocycles. The Bertz CT molecular complexity index is 486. The van der Waals surface area contributed by atoms with E-state index in [9.17, 15) is 0 Å². The molecule has 0 aromatic carbocycles. The van der Waals surface area contributed by atoms with Crippen molar-refractivity contribution in [2.75, 3.05) is 37.6 Å². The maximum atomic E-state index is 4.80. The van der Waals surface area contributed by atoms with Crippen LogP contribution in [-0.2, 0) is 0 Å². The van der Waals surface area contributed by atoms with Crippen molar-refractivity contribution >= 4 is 5.82 Å². The lowest BCUT2D eigenvalue weighted by Crippen LogP contribution is -2.48. The van der Waals surface area contributed by atoms with Crippen LogP contribution in [0.5, 0.6) is 0 Å². The fraction of sp³-hybridized carbons (Fsp3) is 0.778. The molecule has 120 valence electrons. The van der Waals surface area contributed by atoms with Crippen molar-refractivity contribution in [1.82, 2.24) is 14.9 Å². The Labute approximate surface area is 133 Å². The monoisotopic (exact) mass is 300 g/mol. The third kappa shape index (κ3) is 3.43. The minimum Gasteiger partial charge on any atom is -0.354 e. The predicted octanol–water partition coefficient (Wildman–Crippen LogP) is 3.06. The SMILES string of the molecule is c1cc(N2CCN(CC3CCCCC3)CC2)nc(C2CC2)n1. The fourth-order valence-corrected chi connectivity index (χ4v) is 3.97. The first-order chi connectivity index (χ1) is 10.9. The van der Waals surface area contributed by atoms with E-state index in [-0.39, 0.29) is 0 Å². The molecule has 0 bridgehead atoms. The smallest absolute Gasteiger partial charge is 0.133 e.